The van der Waals surface area contributed by atoms with Crippen LogP contribution in [-0.2, 0) is 0 Å². The van der Waals surface area contributed by atoms with Gasteiger partial charge in [0.15, 0.2) is 0 Å². The van der Waals surface area contributed by atoms with Crippen LogP contribution in [0.25, 0.3) is 0 Å². The van der Waals surface area contributed by atoms with Crippen LogP contribution in [0.15, 0.2) is 0 Å². The predicted molar refractivity (Wildman–Crippen MR) is 53.7 cm³/mol. The van der Waals surface area contributed by atoms with Crippen molar-refractivity contribution in [1.82, 2.24) is 10.2 Å². The first-order valence-electron chi connectivity index (χ1n) is 5.43. The van der Waals surface area contributed by atoms with Crippen molar-refractivity contribution in [3.8, 4) is 0 Å². The first-order valence-corrected chi connectivity index (χ1v) is 5.43. The topological polar surface area (TPSA) is 15.3 Å². The van der Waals surface area contributed by atoms with Crippen LogP contribution in [0.5, 0.6) is 0 Å². The Bertz CT molecular complexity index is 147. The Morgan fingerprint density at radius 1 is 1.36 bits per heavy atom. The van der Waals surface area contributed by atoms with Crippen molar-refractivity contribution in [3.63, 3.8) is 0 Å². The van der Waals surface area contributed by atoms with Crippen LogP contribution in [0.2, 0.25) is 0 Å². The second-order valence-corrected chi connectivity index (χ2v) is 3.94. The molecule has 84 valence electrons. The molecule has 2 nitrogen and oxygen atoms in total. The molecule has 0 aromatic carbocycles. The van der Waals surface area contributed by atoms with Crippen LogP contribution < -0.4 is 5.32 Å². The maximum absolute atomic E-state index is 12.2. The van der Waals surface area contributed by atoms with Crippen molar-refractivity contribution < 1.29 is 8.78 Å². The maximum atomic E-state index is 12.2. The molecule has 1 aliphatic heterocycles. The third kappa shape index (κ3) is 4.33. The molecular weight excluding hydrogens is 186 g/mol. The van der Waals surface area contributed by atoms with Crippen molar-refractivity contribution >= 4 is 0 Å². The van der Waals surface area contributed by atoms with Crippen LogP contribution in [-0.4, -0.2) is 44.0 Å². The molecule has 1 fully saturated rings. The van der Waals surface area contributed by atoms with Gasteiger partial charge in [-0.15, -0.1) is 0 Å². The molecule has 0 radical (unpaired) electrons. The standard InChI is InChI=1S/C10H20F2N2/c1-2-14(8-10(11)12)7-9-3-5-13-6-4-9/h9-10,13H,2-8H2,1H3. The lowest BCUT2D eigenvalue weighted by Crippen LogP contribution is -2.38. The minimum atomic E-state index is -2.20. The zero-order valence-electron chi connectivity index (χ0n) is 8.81. The average molecular weight is 206 g/mol. The molecule has 4 heteroatoms. The number of nitrogens with one attached hydrogen (secondary N) is 1. The zero-order chi connectivity index (χ0) is 10.4. The minimum Gasteiger partial charge on any atom is -0.317 e. The predicted octanol–water partition coefficient (Wildman–Crippen LogP) is 1.57. The summed E-state index contributed by atoms with van der Waals surface area (Å²) in [6.45, 7) is 5.52. The maximum Gasteiger partial charge on any atom is 0.251 e. The molecule has 1 heterocycles. The van der Waals surface area contributed by atoms with E-state index >= 15 is 0 Å². The van der Waals surface area contributed by atoms with E-state index in [0.29, 0.717) is 5.92 Å². The molecule has 0 aromatic rings. The number of halogens is 2. The number of alkyl halides is 2. The van der Waals surface area contributed by atoms with E-state index < -0.39 is 6.43 Å². The smallest absolute Gasteiger partial charge is 0.251 e. The molecule has 0 aromatic heterocycles. The summed E-state index contributed by atoms with van der Waals surface area (Å²) in [5.41, 5.74) is 0. The fourth-order valence-corrected chi connectivity index (χ4v) is 1.96. The van der Waals surface area contributed by atoms with Crippen molar-refractivity contribution in [2.24, 2.45) is 5.92 Å². The molecule has 1 aliphatic rings. The van der Waals surface area contributed by atoms with E-state index in [1.807, 2.05) is 11.8 Å². The van der Waals surface area contributed by atoms with Gasteiger partial charge in [-0.25, -0.2) is 8.78 Å². The summed E-state index contributed by atoms with van der Waals surface area (Å²) in [4.78, 5) is 1.86. The lowest BCUT2D eigenvalue weighted by atomic mass is 9.97. The van der Waals surface area contributed by atoms with Gasteiger partial charge < -0.3 is 5.32 Å². The Balaban J connectivity index is 2.23. The van der Waals surface area contributed by atoms with E-state index in [1.54, 1.807) is 0 Å². The van der Waals surface area contributed by atoms with Gasteiger partial charge in [0.05, 0.1) is 6.54 Å². The molecule has 1 rings (SSSR count). The van der Waals surface area contributed by atoms with Crippen molar-refractivity contribution in [1.29, 1.82) is 0 Å². The molecule has 0 spiro atoms. The molecule has 0 atom stereocenters. The summed E-state index contributed by atoms with van der Waals surface area (Å²) in [5.74, 6) is 0.606. The van der Waals surface area contributed by atoms with Crippen LogP contribution in [0, 0.1) is 5.92 Å². The molecule has 1 N–H and O–H groups in total. The Hall–Kier alpha value is -0.220. The quantitative estimate of drug-likeness (QED) is 0.734. The molecule has 0 aliphatic carbocycles. The number of hydrogen-bond donors (Lipinski definition) is 1. The van der Waals surface area contributed by atoms with Gasteiger partial charge in [0.25, 0.3) is 6.43 Å². The van der Waals surface area contributed by atoms with Crippen molar-refractivity contribution in [2.75, 3.05) is 32.7 Å². The SMILES string of the molecule is CCN(CC(F)F)CC1CCNCC1. The van der Waals surface area contributed by atoms with Crippen LogP contribution in [0.3, 0.4) is 0 Å². The minimum absolute atomic E-state index is 0.0690. The van der Waals surface area contributed by atoms with Crippen molar-refractivity contribution in [3.05, 3.63) is 0 Å². The van der Waals surface area contributed by atoms with E-state index in [9.17, 15) is 8.78 Å². The lowest BCUT2D eigenvalue weighted by molar-refractivity contribution is 0.0795. The van der Waals surface area contributed by atoms with E-state index in [4.69, 9.17) is 0 Å². The highest BCUT2D eigenvalue weighted by Crippen LogP contribution is 2.13. The summed E-state index contributed by atoms with van der Waals surface area (Å²) in [7, 11) is 0. The molecule has 0 amide bonds. The highest BCUT2D eigenvalue weighted by Gasteiger charge is 2.18. The van der Waals surface area contributed by atoms with Gasteiger partial charge in [-0.1, -0.05) is 6.92 Å². The summed E-state index contributed by atoms with van der Waals surface area (Å²) >= 11 is 0. The Labute approximate surface area is 84.7 Å². The van der Waals surface area contributed by atoms with Gasteiger partial charge in [-0.05, 0) is 38.4 Å². The molecule has 0 bridgehead atoms. The van der Waals surface area contributed by atoms with Crippen LogP contribution >= 0.6 is 0 Å². The van der Waals surface area contributed by atoms with E-state index in [2.05, 4.69) is 5.32 Å². The normalized spacial score (nSPS) is 19.5. The number of piperidine rings is 1. The fraction of sp³-hybridized carbons (Fsp3) is 1.00. The Kier molecular flexibility index (Phi) is 5.33. The Morgan fingerprint density at radius 3 is 2.50 bits per heavy atom. The largest absolute Gasteiger partial charge is 0.317 e. The summed E-state index contributed by atoms with van der Waals surface area (Å²) < 4.78 is 24.3. The van der Waals surface area contributed by atoms with Gasteiger partial charge in [-0.3, -0.25) is 4.90 Å². The molecular formula is C10H20F2N2. The van der Waals surface area contributed by atoms with Gasteiger partial charge in [-0.2, -0.15) is 0 Å². The van der Waals surface area contributed by atoms with Gasteiger partial charge in [0.1, 0.15) is 0 Å². The lowest BCUT2D eigenvalue weighted by Gasteiger charge is -2.29. The summed E-state index contributed by atoms with van der Waals surface area (Å²) in [6, 6.07) is 0. The molecule has 0 saturated carbocycles. The molecule has 14 heavy (non-hydrogen) atoms. The number of nitrogens with zero attached hydrogens (tertiary/aromatic N) is 1. The molecule has 0 unspecified atom stereocenters. The second kappa shape index (κ2) is 6.30. The summed E-state index contributed by atoms with van der Waals surface area (Å²) in [5, 5.41) is 3.28. The van der Waals surface area contributed by atoms with Gasteiger partial charge >= 0.3 is 0 Å². The van der Waals surface area contributed by atoms with Crippen molar-refractivity contribution in [2.45, 2.75) is 26.2 Å². The first-order chi connectivity index (χ1) is 6.72. The monoisotopic (exact) mass is 206 g/mol. The molecule has 1 saturated heterocycles. The highest BCUT2D eigenvalue weighted by atomic mass is 19.3. The zero-order valence-corrected chi connectivity index (χ0v) is 8.81. The Morgan fingerprint density at radius 2 is 2.00 bits per heavy atom. The van der Waals surface area contributed by atoms with Crippen LogP contribution in [0.4, 0.5) is 8.78 Å². The summed E-state index contributed by atoms with van der Waals surface area (Å²) in [6.07, 6.45) is 0.0519. The van der Waals surface area contributed by atoms with Crippen LogP contribution in [0.1, 0.15) is 19.8 Å². The third-order valence-electron chi connectivity index (χ3n) is 2.82. The average Bonchev–Trinajstić information content (AvgIpc) is 2.17. The number of rotatable bonds is 5. The van der Waals surface area contributed by atoms with Gasteiger partial charge in [0.2, 0.25) is 0 Å². The van der Waals surface area contributed by atoms with E-state index in [0.717, 1.165) is 39.0 Å². The first kappa shape index (κ1) is 11.9. The third-order valence-corrected chi connectivity index (χ3v) is 2.82. The van der Waals surface area contributed by atoms with E-state index in [-0.39, 0.29) is 6.54 Å². The van der Waals surface area contributed by atoms with Gasteiger partial charge in [0, 0.05) is 6.54 Å². The fourth-order valence-electron chi connectivity index (χ4n) is 1.96. The number of hydrogen-bond acceptors (Lipinski definition) is 2. The highest BCUT2D eigenvalue weighted by molar-refractivity contribution is 4.72. The van der Waals surface area contributed by atoms with E-state index in [1.165, 1.54) is 0 Å². The second-order valence-electron chi connectivity index (χ2n) is 3.94.